The van der Waals surface area contributed by atoms with E-state index in [1.54, 1.807) is 16.5 Å². The van der Waals surface area contributed by atoms with Crippen LogP contribution in [0.15, 0.2) is 46.9 Å². The van der Waals surface area contributed by atoms with E-state index in [0.717, 1.165) is 32.4 Å². The number of guanidine groups is 1. The van der Waals surface area contributed by atoms with Crippen molar-refractivity contribution in [3.8, 4) is 0 Å². The van der Waals surface area contributed by atoms with Crippen LogP contribution >= 0.6 is 11.3 Å². The summed E-state index contributed by atoms with van der Waals surface area (Å²) in [6.45, 7) is 2.29. The fourth-order valence-corrected chi connectivity index (χ4v) is 5.82. The normalized spacial score (nSPS) is 20.3. The molecule has 3 atom stereocenters. The molecule has 2 aliphatic heterocycles. The number of rotatable bonds is 12. The van der Waals surface area contributed by atoms with Crippen molar-refractivity contribution in [2.75, 3.05) is 26.2 Å². The SMILES string of the molecule is NC(N)=NCCCC(NC(=O)[C@@H]1CC[C@H]2CN(CCCc3ccccc3)CC(=O)N21)C(=O)c1nccs1. The third-order valence-electron chi connectivity index (χ3n) is 6.92. The molecule has 0 spiro atoms. The van der Waals surface area contributed by atoms with Crippen molar-refractivity contribution in [3.05, 3.63) is 52.5 Å². The van der Waals surface area contributed by atoms with Crippen molar-refractivity contribution >= 4 is 34.9 Å². The summed E-state index contributed by atoms with van der Waals surface area (Å²) in [5.74, 6) is -0.562. The van der Waals surface area contributed by atoms with Crippen LogP contribution < -0.4 is 16.8 Å². The zero-order valence-corrected chi connectivity index (χ0v) is 21.7. The van der Waals surface area contributed by atoms with E-state index in [-0.39, 0.29) is 29.6 Å². The summed E-state index contributed by atoms with van der Waals surface area (Å²) in [6, 6.07) is 9.05. The number of fused-ring (bicyclic) bond motifs is 1. The second kappa shape index (κ2) is 12.8. The standard InChI is InChI=1S/C26H35N7O3S/c27-26(28)30-12-4-9-20(23(35)25-29-13-15-37-25)31-24(36)21-11-10-19-16-32(17-22(34)33(19)21)14-5-8-18-6-2-1-3-7-18/h1-3,6-7,13,15,19-21H,4-5,8-12,14,16-17H2,(H,31,36)(H4,27,28,30)/t19-,20?,21-/m0/s1. The first-order valence-corrected chi connectivity index (χ1v) is 13.7. The Kier molecular flexibility index (Phi) is 9.24. The first-order chi connectivity index (χ1) is 17.9. The topological polar surface area (TPSA) is 147 Å². The number of thiazole rings is 1. The Morgan fingerprint density at radius 3 is 2.73 bits per heavy atom. The molecule has 0 saturated carbocycles. The van der Waals surface area contributed by atoms with Crippen LogP contribution in [0.25, 0.3) is 0 Å². The highest BCUT2D eigenvalue weighted by atomic mass is 32.1. The van der Waals surface area contributed by atoms with Gasteiger partial charge >= 0.3 is 0 Å². The van der Waals surface area contributed by atoms with Gasteiger partial charge in [0.1, 0.15) is 6.04 Å². The van der Waals surface area contributed by atoms with Gasteiger partial charge in [-0.3, -0.25) is 24.3 Å². The number of amides is 2. The van der Waals surface area contributed by atoms with Gasteiger partial charge < -0.3 is 21.7 Å². The molecule has 0 aliphatic carbocycles. The molecule has 3 heterocycles. The number of aryl methyl sites for hydroxylation is 1. The lowest BCUT2D eigenvalue weighted by atomic mass is 10.1. The smallest absolute Gasteiger partial charge is 0.243 e. The fourth-order valence-electron chi connectivity index (χ4n) is 5.19. The van der Waals surface area contributed by atoms with Gasteiger partial charge in [0.15, 0.2) is 11.0 Å². The minimum Gasteiger partial charge on any atom is -0.370 e. The molecule has 2 fully saturated rings. The molecule has 1 aromatic carbocycles. The van der Waals surface area contributed by atoms with Crippen molar-refractivity contribution < 1.29 is 14.4 Å². The van der Waals surface area contributed by atoms with Crippen molar-refractivity contribution in [2.24, 2.45) is 16.5 Å². The van der Waals surface area contributed by atoms with Gasteiger partial charge in [-0.25, -0.2) is 4.98 Å². The molecule has 0 radical (unpaired) electrons. The quantitative estimate of drug-likeness (QED) is 0.163. The molecule has 2 saturated heterocycles. The molecule has 1 unspecified atom stereocenters. The van der Waals surface area contributed by atoms with Crippen LogP contribution in [0.1, 0.15) is 47.5 Å². The number of Topliss-reactive ketones (excluding diaryl/α,β-unsaturated/α-hetero) is 1. The number of nitrogens with zero attached hydrogens (tertiary/aromatic N) is 4. The maximum Gasteiger partial charge on any atom is 0.243 e. The number of aromatic nitrogens is 1. The largest absolute Gasteiger partial charge is 0.370 e. The lowest BCUT2D eigenvalue weighted by Gasteiger charge is -2.39. The second-order valence-electron chi connectivity index (χ2n) is 9.58. The van der Waals surface area contributed by atoms with Gasteiger partial charge in [0.25, 0.3) is 0 Å². The summed E-state index contributed by atoms with van der Waals surface area (Å²) >= 11 is 1.24. The molecule has 2 aliphatic rings. The highest BCUT2D eigenvalue weighted by Crippen LogP contribution is 2.29. The minimum atomic E-state index is -0.749. The summed E-state index contributed by atoms with van der Waals surface area (Å²) in [5, 5.41) is 4.98. The Morgan fingerprint density at radius 2 is 2.00 bits per heavy atom. The van der Waals surface area contributed by atoms with Gasteiger partial charge in [0.05, 0.1) is 12.6 Å². The molecule has 37 heavy (non-hydrogen) atoms. The second-order valence-corrected chi connectivity index (χ2v) is 10.5. The van der Waals surface area contributed by atoms with E-state index in [0.29, 0.717) is 37.4 Å². The van der Waals surface area contributed by atoms with Gasteiger partial charge in [0, 0.05) is 30.7 Å². The van der Waals surface area contributed by atoms with E-state index < -0.39 is 12.1 Å². The molecule has 0 bridgehead atoms. The lowest BCUT2D eigenvalue weighted by Crippen LogP contribution is -2.59. The van der Waals surface area contributed by atoms with E-state index in [1.807, 2.05) is 18.2 Å². The lowest BCUT2D eigenvalue weighted by molar-refractivity contribution is -0.145. The van der Waals surface area contributed by atoms with Crippen molar-refractivity contribution in [3.63, 3.8) is 0 Å². The third kappa shape index (κ3) is 7.14. The van der Waals surface area contributed by atoms with Crippen LogP contribution in [-0.4, -0.2) is 82.6 Å². The molecule has 198 valence electrons. The van der Waals surface area contributed by atoms with Crippen LogP contribution in [0, 0.1) is 0 Å². The van der Waals surface area contributed by atoms with E-state index in [2.05, 4.69) is 32.3 Å². The van der Waals surface area contributed by atoms with Crippen molar-refractivity contribution in [1.82, 2.24) is 20.1 Å². The number of nitrogens with one attached hydrogen (secondary N) is 1. The molecular formula is C26H35N7O3S. The maximum atomic E-state index is 13.3. The number of piperazine rings is 1. The number of aliphatic imine (C=N–C) groups is 1. The van der Waals surface area contributed by atoms with Gasteiger partial charge in [-0.05, 0) is 50.6 Å². The first-order valence-electron chi connectivity index (χ1n) is 12.8. The maximum absolute atomic E-state index is 13.3. The summed E-state index contributed by atoms with van der Waals surface area (Å²) in [6.07, 6.45) is 5.78. The van der Waals surface area contributed by atoms with E-state index in [4.69, 9.17) is 11.5 Å². The van der Waals surface area contributed by atoms with Gasteiger partial charge in [-0.2, -0.15) is 0 Å². The van der Waals surface area contributed by atoms with Crippen molar-refractivity contribution in [2.45, 2.75) is 56.7 Å². The predicted octanol–water partition coefficient (Wildman–Crippen LogP) is 1.17. The molecule has 11 heteroatoms. The number of carbonyl (C=O) groups excluding carboxylic acids is 3. The number of nitrogens with two attached hydrogens (primary N) is 2. The average Bonchev–Trinajstić information content (AvgIpc) is 3.57. The minimum absolute atomic E-state index is 0.0125. The molecule has 5 N–H and O–H groups in total. The molecule has 2 aromatic rings. The van der Waals surface area contributed by atoms with E-state index in [9.17, 15) is 14.4 Å². The number of ketones is 1. The first kappa shape index (κ1) is 26.7. The monoisotopic (exact) mass is 525 g/mol. The molecule has 1 aromatic heterocycles. The Balaban J connectivity index is 1.33. The van der Waals surface area contributed by atoms with Gasteiger partial charge in [-0.1, -0.05) is 30.3 Å². The van der Waals surface area contributed by atoms with Crippen LogP contribution in [0.3, 0.4) is 0 Å². The van der Waals surface area contributed by atoms with Crippen LogP contribution in [-0.2, 0) is 16.0 Å². The molecular weight excluding hydrogens is 490 g/mol. The molecule has 10 nitrogen and oxygen atoms in total. The number of hydrogen-bond donors (Lipinski definition) is 3. The average molecular weight is 526 g/mol. The van der Waals surface area contributed by atoms with Crippen LogP contribution in [0.5, 0.6) is 0 Å². The van der Waals surface area contributed by atoms with Gasteiger partial charge in [0.2, 0.25) is 17.6 Å². The zero-order chi connectivity index (χ0) is 26.2. The highest BCUT2D eigenvalue weighted by molar-refractivity contribution is 7.11. The number of carbonyl (C=O) groups is 3. The van der Waals surface area contributed by atoms with E-state index in [1.165, 1.54) is 16.9 Å². The Morgan fingerprint density at radius 1 is 1.19 bits per heavy atom. The fraction of sp³-hybridized carbons (Fsp3) is 0.500. The number of benzene rings is 1. The van der Waals surface area contributed by atoms with Crippen LogP contribution in [0.2, 0.25) is 0 Å². The van der Waals surface area contributed by atoms with Crippen molar-refractivity contribution in [1.29, 1.82) is 0 Å². The predicted molar refractivity (Wildman–Crippen MR) is 143 cm³/mol. The molecule has 2 amide bonds. The zero-order valence-electron chi connectivity index (χ0n) is 20.9. The summed E-state index contributed by atoms with van der Waals surface area (Å²) in [7, 11) is 0. The number of hydrogen-bond acceptors (Lipinski definition) is 7. The highest BCUT2D eigenvalue weighted by Gasteiger charge is 2.45. The summed E-state index contributed by atoms with van der Waals surface area (Å²) in [4.78, 5) is 51.5. The Bertz CT molecular complexity index is 1090. The van der Waals surface area contributed by atoms with Crippen LogP contribution in [0.4, 0.5) is 0 Å². The Labute approximate surface area is 221 Å². The third-order valence-corrected chi connectivity index (χ3v) is 7.71. The van der Waals surface area contributed by atoms with Gasteiger partial charge in [-0.15, -0.1) is 11.3 Å². The Hall–Kier alpha value is -3.31. The summed E-state index contributed by atoms with van der Waals surface area (Å²) in [5.41, 5.74) is 12.1. The summed E-state index contributed by atoms with van der Waals surface area (Å²) < 4.78 is 0. The molecule has 4 rings (SSSR count). The van der Waals surface area contributed by atoms with E-state index >= 15 is 0 Å².